The molecule has 0 saturated carbocycles. The Labute approximate surface area is 142 Å². The van der Waals surface area contributed by atoms with Crippen molar-refractivity contribution in [2.75, 3.05) is 26.7 Å². The van der Waals surface area contributed by atoms with Crippen molar-refractivity contribution >= 4 is 11.6 Å². The number of hydrogen-bond donors (Lipinski definition) is 1. The standard InChI is InChI=1S/C19H22ClNO2/c1-23-19-9-5-3-6-15(19)14-10-11-21(12-14)13-18(22)16-7-2-4-8-17(16)20/h2-9,14,18,22H,10-13H2,1H3. The molecule has 2 atom stereocenters. The van der Waals surface area contributed by atoms with Gasteiger partial charge in [0.2, 0.25) is 0 Å². The van der Waals surface area contributed by atoms with E-state index in [1.54, 1.807) is 7.11 Å². The molecule has 0 aliphatic carbocycles. The van der Waals surface area contributed by atoms with E-state index in [0.29, 0.717) is 17.5 Å². The molecule has 4 heteroatoms. The fourth-order valence-electron chi connectivity index (χ4n) is 3.34. The Hall–Kier alpha value is -1.55. The van der Waals surface area contributed by atoms with Gasteiger partial charge in [0.1, 0.15) is 5.75 Å². The molecule has 1 N–H and O–H groups in total. The zero-order valence-corrected chi connectivity index (χ0v) is 14.0. The van der Waals surface area contributed by atoms with Crippen LogP contribution in [0.3, 0.4) is 0 Å². The maximum Gasteiger partial charge on any atom is 0.122 e. The van der Waals surface area contributed by atoms with E-state index in [1.165, 1.54) is 5.56 Å². The molecule has 1 saturated heterocycles. The molecule has 3 nitrogen and oxygen atoms in total. The van der Waals surface area contributed by atoms with Gasteiger partial charge in [-0.3, -0.25) is 4.90 Å². The van der Waals surface area contributed by atoms with E-state index in [-0.39, 0.29) is 0 Å². The summed E-state index contributed by atoms with van der Waals surface area (Å²) in [5.74, 6) is 1.40. The van der Waals surface area contributed by atoms with Crippen LogP contribution in [0.5, 0.6) is 5.75 Å². The summed E-state index contributed by atoms with van der Waals surface area (Å²) in [6, 6.07) is 15.7. The lowest BCUT2D eigenvalue weighted by atomic mass is 9.97. The Kier molecular flexibility index (Phi) is 5.21. The number of hydrogen-bond acceptors (Lipinski definition) is 3. The molecule has 2 unspecified atom stereocenters. The van der Waals surface area contributed by atoms with Crippen molar-refractivity contribution in [2.24, 2.45) is 0 Å². The third-order valence-corrected chi connectivity index (χ3v) is 4.89. The van der Waals surface area contributed by atoms with E-state index in [4.69, 9.17) is 16.3 Å². The van der Waals surface area contributed by atoms with Crippen LogP contribution in [0, 0.1) is 0 Å². The van der Waals surface area contributed by atoms with Gasteiger partial charge in [-0.25, -0.2) is 0 Å². The molecule has 122 valence electrons. The van der Waals surface area contributed by atoms with E-state index in [0.717, 1.165) is 30.8 Å². The lowest BCUT2D eigenvalue weighted by Crippen LogP contribution is -2.26. The maximum atomic E-state index is 10.5. The Bertz CT molecular complexity index is 661. The van der Waals surface area contributed by atoms with E-state index >= 15 is 0 Å². The van der Waals surface area contributed by atoms with Gasteiger partial charge in [0, 0.05) is 29.6 Å². The second-order valence-corrected chi connectivity index (χ2v) is 6.43. The molecule has 2 aromatic carbocycles. The molecule has 1 fully saturated rings. The molecule has 23 heavy (non-hydrogen) atoms. The second kappa shape index (κ2) is 7.35. The molecule has 0 amide bonds. The molecule has 1 heterocycles. The molecule has 0 radical (unpaired) electrons. The second-order valence-electron chi connectivity index (χ2n) is 6.02. The molecular weight excluding hydrogens is 310 g/mol. The normalized spacial score (nSPS) is 19.7. The van der Waals surface area contributed by atoms with E-state index in [1.807, 2.05) is 36.4 Å². The first-order valence-electron chi connectivity index (χ1n) is 7.97. The third-order valence-electron chi connectivity index (χ3n) is 4.55. The van der Waals surface area contributed by atoms with E-state index in [2.05, 4.69) is 17.0 Å². The minimum Gasteiger partial charge on any atom is -0.496 e. The van der Waals surface area contributed by atoms with Gasteiger partial charge in [-0.1, -0.05) is 48.0 Å². The average molecular weight is 332 g/mol. The van der Waals surface area contributed by atoms with Gasteiger partial charge < -0.3 is 9.84 Å². The molecule has 0 bridgehead atoms. The summed E-state index contributed by atoms with van der Waals surface area (Å²) in [6.45, 7) is 2.52. The molecule has 1 aliphatic rings. The molecular formula is C19H22ClNO2. The monoisotopic (exact) mass is 331 g/mol. The third kappa shape index (κ3) is 3.69. The van der Waals surface area contributed by atoms with Crippen molar-refractivity contribution in [1.29, 1.82) is 0 Å². The zero-order chi connectivity index (χ0) is 16.2. The first kappa shape index (κ1) is 16.3. The topological polar surface area (TPSA) is 32.7 Å². The number of β-amino-alcohol motifs (C(OH)–C–C–N with tert-alkyl or cyclic N) is 1. The van der Waals surface area contributed by atoms with Crippen LogP contribution in [0.15, 0.2) is 48.5 Å². The Morgan fingerprint density at radius 1 is 1.22 bits per heavy atom. The van der Waals surface area contributed by atoms with Gasteiger partial charge in [0.05, 0.1) is 13.2 Å². The van der Waals surface area contributed by atoms with Crippen molar-refractivity contribution < 1.29 is 9.84 Å². The van der Waals surface area contributed by atoms with Crippen molar-refractivity contribution in [3.05, 3.63) is 64.7 Å². The fourth-order valence-corrected chi connectivity index (χ4v) is 3.61. The number of ether oxygens (including phenoxy) is 1. The molecule has 2 aromatic rings. The summed E-state index contributed by atoms with van der Waals surface area (Å²) in [4.78, 5) is 2.30. The average Bonchev–Trinajstić information content (AvgIpc) is 3.03. The van der Waals surface area contributed by atoms with Crippen LogP contribution in [0.25, 0.3) is 0 Å². The van der Waals surface area contributed by atoms with Crippen LogP contribution in [0.2, 0.25) is 5.02 Å². The minimum atomic E-state index is -0.555. The number of nitrogens with zero attached hydrogens (tertiary/aromatic N) is 1. The van der Waals surface area contributed by atoms with Gasteiger partial charge in [0.15, 0.2) is 0 Å². The lowest BCUT2D eigenvalue weighted by molar-refractivity contribution is 0.125. The van der Waals surface area contributed by atoms with Crippen molar-refractivity contribution in [2.45, 2.75) is 18.4 Å². The molecule has 1 aliphatic heterocycles. The summed E-state index contributed by atoms with van der Waals surface area (Å²) in [7, 11) is 1.71. The van der Waals surface area contributed by atoms with E-state index < -0.39 is 6.10 Å². The zero-order valence-electron chi connectivity index (χ0n) is 13.3. The predicted octanol–water partition coefficient (Wildman–Crippen LogP) is 3.87. The Balaban J connectivity index is 1.65. The summed E-state index contributed by atoms with van der Waals surface area (Å²) in [5, 5.41) is 11.1. The Morgan fingerprint density at radius 3 is 2.74 bits per heavy atom. The largest absolute Gasteiger partial charge is 0.496 e. The lowest BCUT2D eigenvalue weighted by Gasteiger charge is -2.21. The first-order valence-corrected chi connectivity index (χ1v) is 8.34. The van der Waals surface area contributed by atoms with Crippen molar-refractivity contribution in [3.8, 4) is 5.75 Å². The smallest absolute Gasteiger partial charge is 0.122 e. The number of rotatable bonds is 5. The van der Waals surface area contributed by atoms with Crippen LogP contribution >= 0.6 is 11.6 Å². The highest BCUT2D eigenvalue weighted by molar-refractivity contribution is 6.31. The highest BCUT2D eigenvalue weighted by Crippen LogP contribution is 2.34. The van der Waals surface area contributed by atoms with Crippen LogP contribution in [0.4, 0.5) is 0 Å². The van der Waals surface area contributed by atoms with Gasteiger partial charge >= 0.3 is 0 Å². The van der Waals surface area contributed by atoms with Gasteiger partial charge in [-0.2, -0.15) is 0 Å². The Morgan fingerprint density at radius 2 is 1.96 bits per heavy atom. The number of likely N-dealkylation sites (tertiary alicyclic amines) is 1. The summed E-state index contributed by atoms with van der Waals surface area (Å²) in [6.07, 6.45) is 0.524. The number of para-hydroxylation sites is 1. The number of aliphatic hydroxyl groups excluding tert-OH is 1. The predicted molar refractivity (Wildman–Crippen MR) is 93.2 cm³/mol. The molecule has 3 rings (SSSR count). The van der Waals surface area contributed by atoms with Crippen molar-refractivity contribution in [1.82, 2.24) is 4.90 Å². The SMILES string of the molecule is COc1ccccc1C1CCN(CC(O)c2ccccc2Cl)C1. The minimum absolute atomic E-state index is 0.449. The quantitative estimate of drug-likeness (QED) is 0.902. The summed E-state index contributed by atoms with van der Waals surface area (Å²) >= 11 is 6.17. The van der Waals surface area contributed by atoms with Gasteiger partial charge in [-0.15, -0.1) is 0 Å². The fraction of sp³-hybridized carbons (Fsp3) is 0.368. The summed E-state index contributed by atoms with van der Waals surface area (Å²) < 4.78 is 5.47. The highest BCUT2D eigenvalue weighted by Gasteiger charge is 2.27. The number of aliphatic hydroxyl groups is 1. The summed E-state index contributed by atoms with van der Waals surface area (Å²) in [5.41, 5.74) is 2.06. The molecule has 0 spiro atoms. The van der Waals surface area contributed by atoms with Crippen molar-refractivity contribution in [3.63, 3.8) is 0 Å². The van der Waals surface area contributed by atoms with Gasteiger partial charge in [0.25, 0.3) is 0 Å². The van der Waals surface area contributed by atoms with Crippen LogP contribution in [0.1, 0.15) is 29.6 Å². The van der Waals surface area contributed by atoms with Gasteiger partial charge in [-0.05, 0) is 30.7 Å². The first-order chi connectivity index (χ1) is 11.2. The highest BCUT2D eigenvalue weighted by atomic mass is 35.5. The maximum absolute atomic E-state index is 10.5. The molecule has 0 aromatic heterocycles. The van der Waals surface area contributed by atoms with Crippen LogP contribution in [-0.4, -0.2) is 36.8 Å². The number of benzene rings is 2. The van der Waals surface area contributed by atoms with Crippen LogP contribution in [-0.2, 0) is 0 Å². The number of methoxy groups -OCH3 is 1. The van der Waals surface area contributed by atoms with E-state index in [9.17, 15) is 5.11 Å². The number of halogens is 1. The van der Waals surface area contributed by atoms with Crippen LogP contribution < -0.4 is 4.74 Å².